The third-order valence-corrected chi connectivity index (χ3v) is 4.64. The average Bonchev–Trinajstić information content (AvgIpc) is 2.65. The highest BCUT2D eigenvalue weighted by Crippen LogP contribution is 2.50. The lowest BCUT2D eigenvalue weighted by Gasteiger charge is -2.41. The molecule has 1 fully saturated rings. The number of aliphatic hydroxyl groups is 1. The van der Waals surface area contributed by atoms with Gasteiger partial charge in [-0.3, -0.25) is 9.69 Å². The molecule has 0 aromatic heterocycles. The second kappa shape index (κ2) is 5.29. The van der Waals surface area contributed by atoms with E-state index in [0.29, 0.717) is 13.0 Å². The number of allylic oxidation sites excluding steroid dienone is 1. The number of β-lactam (4-membered cyclic amide) rings is 1. The van der Waals surface area contributed by atoms with Gasteiger partial charge in [0.25, 0.3) is 0 Å². The van der Waals surface area contributed by atoms with E-state index in [-0.39, 0.29) is 23.6 Å². The normalized spacial score (nSPS) is 26.3. The second-order valence-corrected chi connectivity index (χ2v) is 5.54. The fourth-order valence-electron chi connectivity index (χ4n) is 2.23. The van der Waals surface area contributed by atoms with Crippen molar-refractivity contribution in [3.8, 4) is 0 Å². The highest BCUT2D eigenvalue weighted by Gasteiger charge is 2.55. The molecule has 6 nitrogen and oxygen atoms in total. The zero-order valence-electron chi connectivity index (χ0n) is 9.83. The van der Waals surface area contributed by atoms with E-state index in [2.05, 4.69) is 0 Å². The molecule has 0 bridgehead atoms. The van der Waals surface area contributed by atoms with Crippen LogP contribution in [0.15, 0.2) is 10.6 Å². The quantitative estimate of drug-likeness (QED) is 0.462. The molecule has 0 aromatic carbocycles. The van der Waals surface area contributed by atoms with E-state index in [1.807, 2.05) is 0 Å². The van der Waals surface area contributed by atoms with E-state index >= 15 is 0 Å². The third kappa shape index (κ3) is 2.02. The van der Waals surface area contributed by atoms with Crippen LogP contribution in [0.4, 0.5) is 0 Å². The molecule has 100 valence electrons. The number of hydrogen-bond acceptors (Lipinski definition) is 5. The molecule has 2 rings (SSSR count). The van der Waals surface area contributed by atoms with Crippen molar-refractivity contribution in [3.05, 3.63) is 10.6 Å². The fraction of sp³-hybridized carbons (Fsp3) is 0.636. The van der Waals surface area contributed by atoms with E-state index < -0.39 is 11.9 Å². The largest absolute Gasteiger partial charge is 0.477 e. The van der Waals surface area contributed by atoms with Crippen LogP contribution in [-0.2, 0) is 9.59 Å². The van der Waals surface area contributed by atoms with Crippen molar-refractivity contribution >= 4 is 23.6 Å². The Labute approximate surface area is 109 Å². The number of carbonyl (C=O) groups is 2. The first kappa shape index (κ1) is 13.4. The maximum atomic E-state index is 11.7. The number of nitrogens with two attached hydrogens (primary N) is 1. The SMILES string of the molecule is NCCCCC1=C(C(=O)O)N2C(=O)C(CO)[C@@H]2S1. The molecule has 0 radical (unpaired) electrons. The van der Waals surface area contributed by atoms with Gasteiger partial charge in [0, 0.05) is 4.91 Å². The number of nitrogens with zero attached hydrogens (tertiary/aromatic N) is 1. The van der Waals surface area contributed by atoms with Gasteiger partial charge in [0.2, 0.25) is 5.91 Å². The number of carboxylic acid groups (broad SMARTS) is 1. The summed E-state index contributed by atoms with van der Waals surface area (Å²) in [4.78, 5) is 24.9. The highest BCUT2D eigenvalue weighted by atomic mass is 32.2. The summed E-state index contributed by atoms with van der Waals surface area (Å²) in [6.45, 7) is 0.349. The number of hydrogen-bond donors (Lipinski definition) is 3. The molecule has 0 saturated carbocycles. The van der Waals surface area contributed by atoms with Gasteiger partial charge >= 0.3 is 5.97 Å². The number of unbranched alkanes of at least 4 members (excludes halogenated alkanes) is 1. The maximum Gasteiger partial charge on any atom is 0.353 e. The number of rotatable bonds is 6. The van der Waals surface area contributed by atoms with Crippen molar-refractivity contribution in [1.29, 1.82) is 0 Å². The van der Waals surface area contributed by atoms with Gasteiger partial charge in [0.15, 0.2) is 0 Å². The molecule has 1 saturated heterocycles. The number of thioether (sulfide) groups is 1. The van der Waals surface area contributed by atoms with Gasteiger partial charge in [-0.15, -0.1) is 11.8 Å². The number of fused-ring (bicyclic) bond motifs is 1. The Hall–Kier alpha value is -1.05. The van der Waals surface area contributed by atoms with Gasteiger partial charge in [-0.05, 0) is 25.8 Å². The Balaban J connectivity index is 2.12. The molecule has 4 N–H and O–H groups in total. The van der Waals surface area contributed by atoms with Crippen molar-refractivity contribution in [2.24, 2.45) is 11.7 Å². The first-order chi connectivity index (χ1) is 8.61. The lowest BCUT2D eigenvalue weighted by atomic mass is 9.98. The van der Waals surface area contributed by atoms with E-state index in [0.717, 1.165) is 17.7 Å². The predicted molar refractivity (Wildman–Crippen MR) is 66.4 cm³/mol. The van der Waals surface area contributed by atoms with Crippen molar-refractivity contribution < 1.29 is 19.8 Å². The van der Waals surface area contributed by atoms with E-state index in [1.165, 1.54) is 16.7 Å². The molecule has 1 amide bonds. The zero-order valence-corrected chi connectivity index (χ0v) is 10.7. The molecule has 0 aliphatic carbocycles. The summed E-state index contributed by atoms with van der Waals surface area (Å²) in [6.07, 6.45) is 2.27. The second-order valence-electron chi connectivity index (χ2n) is 4.33. The fourth-order valence-corrected chi connectivity index (χ4v) is 3.76. The van der Waals surface area contributed by atoms with Crippen LogP contribution in [0.5, 0.6) is 0 Å². The Bertz CT molecular complexity index is 410. The lowest BCUT2D eigenvalue weighted by molar-refractivity contribution is -0.153. The van der Waals surface area contributed by atoms with Crippen molar-refractivity contribution in [2.75, 3.05) is 13.2 Å². The molecule has 2 aliphatic heterocycles. The smallest absolute Gasteiger partial charge is 0.353 e. The average molecular weight is 272 g/mol. The third-order valence-electron chi connectivity index (χ3n) is 3.18. The summed E-state index contributed by atoms with van der Waals surface area (Å²) >= 11 is 1.39. The van der Waals surface area contributed by atoms with Crippen LogP contribution in [0.1, 0.15) is 19.3 Å². The lowest BCUT2D eigenvalue weighted by Crippen LogP contribution is -2.58. The summed E-state index contributed by atoms with van der Waals surface area (Å²) in [5, 5.41) is 18.0. The van der Waals surface area contributed by atoms with Crippen LogP contribution >= 0.6 is 11.8 Å². The summed E-state index contributed by atoms with van der Waals surface area (Å²) in [7, 11) is 0. The molecule has 2 atom stereocenters. The molecule has 7 heteroatoms. The van der Waals surface area contributed by atoms with Gasteiger partial charge in [0.1, 0.15) is 11.1 Å². The Morgan fingerprint density at radius 1 is 1.44 bits per heavy atom. The summed E-state index contributed by atoms with van der Waals surface area (Å²) in [5.41, 5.74) is 5.50. The minimum Gasteiger partial charge on any atom is -0.477 e. The van der Waals surface area contributed by atoms with E-state index in [1.54, 1.807) is 0 Å². The highest BCUT2D eigenvalue weighted by molar-refractivity contribution is 8.04. The summed E-state index contributed by atoms with van der Waals surface area (Å²) in [6, 6.07) is 0. The Kier molecular flexibility index (Phi) is 3.94. The molecule has 2 aliphatic rings. The summed E-state index contributed by atoms with van der Waals surface area (Å²) < 4.78 is 0. The first-order valence-corrected chi connectivity index (χ1v) is 6.77. The molecule has 0 spiro atoms. The molecular weight excluding hydrogens is 256 g/mol. The Morgan fingerprint density at radius 2 is 2.17 bits per heavy atom. The topological polar surface area (TPSA) is 104 Å². The van der Waals surface area contributed by atoms with Crippen LogP contribution in [0.2, 0.25) is 0 Å². The molecule has 0 aromatic rings. The standard InChI is InChI=1S/C11H16N2O4S/c12-4-2-1-3-7-8(11(16)17)13-9(15)6(5-14)10(13)18-7/h6,10,14H,1-5,12H2,(H,16,17)/t6?,10-/m0/s1. The number of amides is 1. The zero-order chi connectivity index (χ0) is 13.3. The van der Waals surface area contributed by atoms with Crippen LogP contribution in [0, 0.1) is 5.92 Å². The van der Waals surface area contributed by atoms with Crippen molar-refractivity contribution in [2.45, 2.75) is 24.6 Å². The number of carboxylic acids is 1. The maximum absolute atomic E-state index is 11.7. The van der Waals surface area contributed by atoms with Gasteiger partial charge in [-0.25, -0.2) is 4.79 Å². The number of aliphatic carboxylic acids is 1. The van der Waals surface area contributed by atoms with Crippen molar-refractivity contribution in [3.63, 3.8) is 0 Å². The first-order valence-electron chi connectivity index (χ1n) is 5.89. The monoisotopic (exact) mass is 272 g/mol. The van der Waals surface area contributed by atoms with Crippen LogP contribution < -0.4 is 5.73 Å². The summed E-state index contributed by atoms with van der Waals surface area (Å²) in [5.74, 6) is -1.82. The van der Waals surface area contributed by atoms with Crippen LogP contribution in [0.3, 0.4) is 0 Å². The Morgan fingerprint density at radius 3 is 2.72 bits per heavy atom. The van der Waals surface area contributed by atoms with Gasteiger partial charge in [-0.1, -0.05) is 0 Å². The predicted octanol–water partition coefficient (Wildman–Crippen LogP) is -0.0648. The molecule has 1 unspecified atom stereocenters. The molecular formula is C11H16N2O4S. The number of carbonyl (C=O) groups excluding carboxylic acids is 1. The van der Waals surface area contributed by atoms with Gasteiger partial charge in [0.05, 0.1) is 12.5 Å². The number of aliphatic hydroxyl groups excluding tert-OH is 1. The van der Waals surface area contributed by atoms with Crippen LogP contribution in [0.25, 0.3) is 0 Å². The minimum absolute atomic E-state index is 0.0942. The van der Waals surface area contributed by atoms with Gasteiger partial charge in [-0.2, -0.15) is 0 Å². The molecule has 18 heavy (non-hydrogen) atoms. The van der Waals surface area contributed by atoms with E-state index in [4.69, 9.17) is 10.8 Å². The van der Waals surface area contributed by atoms with Crippen LogP contribution in [-0.4, -0.2) is 45.5 Å². The van der Waals surface area contributed by atoms with Crippen molar-refractivity contribution in [1.82, 2.24) is 4.90 Å². The van der Waals surface area contributed by atoms with Gasteiger partial charge < -0.3 is 15.9 Å². The minimum atomic E-state index is -1.07. The molecule has 2 heterocycles. The van der Waals surface area contributed by atoms with E-state index in [9.17, 15) is 14.7 Å².